The van der Waals surface area contributed by atoms with Gasteiger partial charge in [-0.15, -0.1) is 0 Å². The number of aromatic nitrogens is 4. The number of aliphatic hydroxyl groups excluding tert-OH is 4. The molecule has 0 saturated carbocycles. The fourth-order valence-corrected chi connectivity index (χ4v) is 10.6. The Hall–Kier alpha value is -6.58. The van der Waals surface area contributed by atoms with Gasteiger partial charge in [0.2, 0.25) is 0 Å². The second-order valence-electron chi connectivity index (χ2n) is 16.5. The number of nitrogens with zero attached hydrogens (tertiary/aromatic N) is 6. The third kappa shape index (κ3) is 8.32. The summed E-state index contributed by atoms with van der Waals surface area (Å²) in [6.45, 7) is -0.890. The van der Waals surface area contributed by atoms with E-state index in [0.29, 0.717) is 27.9 Å². The lowest BCUT2D eigenvalue weighted by atomic mass is 9.77. The average Bonchev–Trinajstić information content (AvgIpc) is 3.96. The Morgan fingerprint density at radius 3 is 2.04 bits per heavy atom. The fraction of sp³-hybridized carbons (Fsp3) is 0.283. The molecule has 0 unspecified atom stereocenters. The molecule has 21 heteroatoms. The van der Waals surface area contributed by atoms with Crippen molar-refractivity contribution in [2.45, 2.75) is 62.1 Å². The summed E-state index contributed by atoms with van der Waals surface area (Å²) in [5, 5.41) is 76.0. The number of hydrogen-bond acceptors (Lipinski definition) is 17. The first-order chi connectivity index (χ1) is 32.4. The molecule has 7 atom stereocenters. The third-order valence-electron chi connectivity index (χ3n) is 12.5. The number of imidazole rings is 1. The molecule has 8 aromatic rings. The second kappa shape index (κ2) is 17.9. The molecule has 0 radical (unpaired) electrons. The maximum atomic E-state index is 14.4. The van der Waals surface area contributed by atoms with Crippen molar-refractivity contribution in [3.05, 3.63) is 152 Å². The minimum atomic E-state index is -4.43. The first-order valence-electron chi connectivity index (χ1n) is 21.4. The van der Waals surface area contributed by atoms with E-state index in [9.17, 15) is 45.2 Å². The molecule has 3 heterocycles. The van der Waals surface area contributed by atoms with Gasteiger partial charge in [-0.05, 0) is 73.5 Å². The van der Waals surface area contributed by atoms with Crippen molar-refractivity contribution in [2.24, 2.45) is 0 Å². The van der Waals surface area contributed by atoms with E-state index in [1.165, 1.54) is 36.9 Å². The van der Waals surface area contributed by atoms with Gasteiger partial charge in [0.1, 0.15) is 43.1 Å². The summed E-state index contributed by atoms with van der Waals surface area (Å²) in [6, 6.07) is 26.5. The van der Waals surface area contributed by atoms with Crippen LogP contribution < -0.4 is 5.32 Å². The summed E-state index contributed by atoms with van der Waals surface area (Å²) in [5.74, 6) is 0.213. The highest BCUT2D eigenvalue weighted by Gasteiger charge is 2.45. The Labute approximate surface area is 379 Å². The van der Waals surface area contributed by atoms with Gasteiger partial charge in [0.15, 0.2) is 17.0 Å². The predicted octanol–water partition coefficient (Wildman–Crippen LogP) is 6.75. The zero-order valence-electron chi connectivity index (χ0n) is 35.3. The fourth-order valence-electron chi connectivity index (χ4n) is 9.19. The van der Waals surface area contributed by atoms with Gasteiger partial charge in [-0.3, -0.25) is 38.4 Å². The molecule has 1 aliphatic carbocycles. The SMILES string of the molecule is O=[N+]([O-])c1ccc(CCOP(=O)(OCCc2ccc([N+](=O)[O-])cc2)O[C@H]2C[C@H](n3cnc4c(N[C@@H]5c6c(cc7ccc8cccc9ccc6c7c89)[C@@H](O)[C@H](O)[C@@H]5O)ncnc43)O[C@@H]2CO)cc1. The largest absolute Gasteiger partial charge is 0.475 e. The van der Waals surface area contributed by atoms with Gasteiger partial charge in [0.25, 0.3) is 11.4 Å². The standard InChI is InChI=1S/C46H42N7O13P/c54-22-35-34(66-67(62,63-18-16-25-4-11-30(12-5-25)52(58)59)64-19-17-26-6-13-31(14-7-26)53(60)61)21-36(65-35)51-24-49-41-45(47-23-48-46(41)51)50-40-39-32-15-10-28-3-1-2-27-8-9-29(38(32)37(27)28)20-33(39)42(55)44(57)43(40)56/h1-15,20,23-24,34-36,40,42-44,54-57H,16-19,21-22H2,(H,47,48,50)/t34-,35+,36+,40+,42+,43+,44-/m0/s1. The van der Waals surface area contributed by atoms with Crippen LogP contribution in [0.5, 0.6) is 0 Å². The highest BCUT2D eigenvalue weighted by Crippen LogP contribution is 2.54. The molecule has 0 amide bonds. The molecule has 1 aliphatic heterocycles. The van der Waals surface area contributed by atoms with Gasteiger partial charge < -0.3 is 30.5 Å². The third-order valence-corrected chi connectivity index (χ3v) is 14.1. The van der Waals surface area contributed by atoms with Crippen LogP contribution >= 0.6 is 7.82 Å². The van der Waals surface area contributed by atoms with Crippen LogP contribution in [-0.4, -0.2) is 94.0 Å². The van der Waals surface area contributed by atoms with Crippen LogP contribution in [0.1, 0.15) is 47.0 Å². The summed E-state index contributed by atoms with van der Waals surface area (Å²) in [4.78, 5) is 34.8. The van der Waals surface area contributed by atoms with Gasteiger partial charge in [-0.25, -0.2) is 19.5 Å². The van der Waals surface area contributed by atoms with Crippen LogP contribution in [-0.2, 0) is 35.7 Å². The zero-order valence-corrected chi connectivity index (χ0v) is 36.2. The Morgan fingerprint density at radius 1 is 0.791 bits per heavy atom. The summed E-state index contributed by atoms with van der Waals surface area (Å²) in [7, 11) is -4.43. The van der Waals surface area contributed by atoms with E-state index in [2.05, 4.69) is 20.3 Å². The van der Waals surface area contributed by atoms with Crippen molar-refractivity contribution in [1.82, 2.24) is 19.5 Å². The number of anilines is 1. The lowest BCUT2D eigenvalue weighted by Crippen LogP contribution is -2.44. The molecule has 0 spiro atoms. The Kier molecular flexibility index (Phi) is 11.8. The molecule has 20 nitrogen and oxygen atoms in total. The number of phosphoric acid groups is 1. The van der Waals surface area contributed by atoms with Crippen LogP contribution in [0.3, 0.4) is 0 Å². The van der Waals surface area contributed by atoms with Crippen molar-refractivity contribution >= 4 is 68.5 Å². The van der Waals surface area contributed by atoms with E-state index in [0.717, 1.165) is 32.3 Å². The number of rotatable bonds is 16. The molecule has 5 N–H and O–H groups in total. The van der Waals surface area contributed by atoms with E-state index in [1.54, 1.807) is 28.8 Å². The summed E-state index contributed by atoms with van der Waals surface area (Å²) < 4.78 is 39.9. The van der Waals surface area contributed by atoms with Crippen LogP contribution in [0.2, 0.25) is 0 Å². The number of aliphatic hydroxyl groups is 4. The number of ether oxygens (including phenoxy) is 1. The summed E-state index contributed by atoms with van der Waals surface area (Å²) in [5.41, 5.74) is 2.76. The molecule has 67 heavy (non-hydrogen) atoms. The minimum Gasteiger partial charge on any atom is -0.394 e. The van der Waals surface area contributed by atoms with Gasteiger partial charge in [0.05, 0.1) is 42.0 Å². The van der Waals surface area contributed by atoms with Gasteiger partial charge >= 0.3 is 7.82 Å². The number of phosphoric ester groups is 1. The summed E-state index contributed by atoms with van der Waals surface area (Å²) in [6.07, 6.45) is -4.17. The molecule has 2 aromatic heterocycles. The Balaban J connectivity index is 0.905. The normalized spacial score (nSPS) is 21.9. The lowest BCUT2D eigenvalue weighted by molar-refractivity contribution is -0.385. The zero-order chi connectivity index (χ0) is 46.6. The van der Waals surface area contributed by atoms with E-state index >= 15 is 0 Å². The highest BCUT2D eigenvalue weighted by atomic mass is 31.2. The number of hydrogen-bond donors (Lipinski definition) is 5. The van der Waals surface area contributed by atoms with E-state index < -0.39 is 67.1 Å². The van der Waals surface area contributed by atoms with E-state index in [1.807, 2.05) is 48.5 Å². The van der Waals surface area contributed by atoms with E-state index in [4.69, 9.17) is 18.3 Å². The van der Waals surface area contributed by atoms with Crippen molar-refractivity contribution < 1.29 is 53.1 Å². The highest BCUT2D eigenvalue weighted by molar-refractivity contribution is 7.48. The van der Waals surface area contributed by atoms with Crippen LogP contribution in [0.25, 0.3) is 43.5 Å². The number of benzene rings is 6. The first kappa shape index (κ1) is 44.3. The number of fused-ring (bicyclic) bond motifs is 3. The quantitative estimate of drug-likeness (QED) is 0.0290. The smallest absolute Gasteiger partial charge is 0.394 e. The molecule has 344 valence electrons. The molecule has 0 bridgehead atoms. The van der Waals surface area contributed by atoms with Gasteiger partial charge in [0, 0.05) is 30.7 Å². The van der Waals surface area contributed by atoms with Crippen LogP contribution in [0, 0.1) is 20.2 Å². The first-order valence-corrected chi connectivity index (χ1v) is 22.8. The summed E-state index contributed by atoms with van der Waals surface area (Å²) >= 11 is 0. The number of nitrogens with one attached hydrogen (secondary N) is 1. The Bertz CT molecular complexity index is 3110. The topological polar surface area (TPSA) is 277 Å². The minimum absolute atomic E-state index is 0.0162. The van der Waals surface area contributed by atoms with Gasteiger partial charge in [-0.2, -0.15) is 0 Å². The predicted molar refractivity (Wildman–Crippen MR) is 242 cm³/mol. The maximum Gasteiger partial charge on any atom is 0.475 e. The van der Waals surface area contributed by atoms with Crippen LogP contribution in [0.15, 0.2) is 110 Å². The molecular weight excluding hydrogens is 890 g/mol. The average molecular weight is 932 g/mol. The monoisotopic (exact) mass is 931 g/mol. The molecule has 6 aromatic carbocycles. The number of non-ortho nitro benzene ring substituents is 2. The number of nitro benzene ring substituents is 2. The van der Waals surface area contributed by atoms with Crippen molar-refractivity contribution in [3.63, 3.8) is 0 Å². The molecule has 1 fully saturated rings. The maximum absolute atomic E-state index is 14.4. The molecule has 1 saturated heterocycles. The molecule has 10 rings (SSSR count). The van der Waals surface area contributed by atoms with Crippen molar-refractivity contribution in [3.8, 4) is 0 Å². The van der Waals surface area contributed by atoms with Gasteiger partial charge in [-0.1, -0.05) is 66.7 Å². The van der Waals surface area contributed by atoms with Crippen LogP contribution in [0.4, 0.5) is 17.2 Å². The van der Waals surface area contributed by atoms with Crippen molar-refractivity contribution in [2.75, 3.05) is 25.1 Å². The molecular formula is C46H42N7O13P. The second-order valence-corrected chi connectivity index (χ2v) is 18.1. The molecule has 2 aliphatic rings. The van der Waals surface area contributed by atoms with Crippen molar-refractivity contribution in [1.29, 1.82) is 0 Å². The lowest BCUT2D eigenvalue weighted by Gasteiger charge is -2.39. The Morgan fingerprint density at radius 2 is 1.42 bits per heavy atom. The number of nitro groups is 2. The van der Waals surface area contributed by atoms with E-state index in [-0.39, 0.29) is 55.2 Å².